The smallest absolute Gasteiger partial charge is 0.331 e. The standard InChI is InChI=1S/C9H14O2/c1-2-7-3-5-8(6-4-7)9(10)11/h5,7H,2-4,6H2,1H3,(H,10,11). The molecule has 2 nitrogen and oxygen atoms in total. The van der Waals surface area contributed by atoms with Gasteiger partial charge in [0, 0.05) is 5.57 Å². The Bertz CT molecular complexity index is 182. The quantitative estimate of drug-likeness (QED) is 0.662. The average Bonchev–Trinajstić information content (AvgIpc) is 2.05. The fourth-order valence-corrected chi connectivity index (χ4v) is 1.45. The number of hydrogen-bond acceptors (Lipinski definition) is 1. The molecule has 0 bridgehead atoms. The van der Waals surface area contributed by atoms with Crippen molar-refractivity contribution in [3.63, 3.8) is 0 Å². The van der Waals surface area contributed by atoms with Gasteiger partial charge in [-0.05, 0) is 25.2 Å². The minimum Gasteiger partial charge on any atom is -0.478 e. The molecule has 0 amide bonds. The van der Waals surface area contributed by atoms with Crippen molar-refractivity contribution in [2.75, 3.05) is 0 Å². The molecule has 0 heterocycles. The first kappa shape index (κ1) is 8.31. The second-order valence-corrected chi connectivity index (χ2v) is 3.08. The summed E-state index contributed by atoms with van der Waals surface area (Å²) in [7, 11) is 0. The number of hydrogen-bond donors (Lipinski definition) is 1. The summed E-state index contributed by atoms with van der Waals surface area (Å²) in [5.41, 5.74) is 0.606. The van der Waals surface area contributed by atoms with Crippen molar-refractivity contribution in [3.8, 4) is 0 Å². The molecule has 0 aliphatic heterocycles. The summed E-state index contributed by atoms with van der Waals surface area (Å²) in [5, 5.41) is 8.63. The van der Waals surface area contributed by atoms with Gasteiger partial charge < -0.3 is 5.11 Å². The highest BCUT2D eigenvalue weighted by Crippen LogP contribution is 2.25. The molecule has 0 aromatic carbocycles. The van der Waals surface area contributed by atoms with Gasteiger partial charge in [-0.2, -0.15) is 0 Å². The summed E-state index contributed by atoms with van der Waals surface area (Å²) in [6, 6.07) is 0. The van der Waals surface area contributed by atoms with Gasteiger partial charge in [0.2, 0.25) is 0 Å². The maximum Gasteiger partial charge on any atom is 0.331 e. The maximum atomic E-state index is 10.5. The lowest BCUT2D eigenvalue weighted by molar-refractivity contribution is -0.132. The molecular formula is C9H14O2. The molecule has 0 saturated heterocycles. The third-order valence-electron chi connectivity index (χ3n) is 2.37. The second kappa shape index (κ2) is 3.56. The summed E-state index contributed by atoms with van der Waals surface area (Å²) in [6.45, 7) is 2.16. The van der Waals surface area contributed by atoms with E-state index in [0.717, 1.165) is 25.2 Å². The number of carboxylic acids is 1. The van der Waals surface area contributed by atoms with E-state index in [1.165, 1.54) is 6.42 Å². The van der Waals surface area contributed by atoms with Crippen LogP contribution in [0.2, 0.25) is 0 Å². The Kier molecular flexibility index (Phi) is 2.69. The van der Waals surface area contributed by atoms with Crippen LogP contribution in [0.3, 0.4) is 0 Å². The Balaban J connectivity index is 2.50. The summed E-state index contributed by atoms with van der Waals surface area (Å²) < 4.78 is 0. The molecule has 2 heteroatoms. The van der Waals surface area contributed by atoms with Crippen LogP contribution < -0.4 is 0 Å². The normalized spacial score (nSPS) is 24.5. The van der Waals surface area contributed by atoms with Crippen molar-refractivity contribution in [3.05, 3.63) is 11.6 Å². The molecule has 0 aromatic rings. The molecule has 0 saturated carbocycles. The van der Waals surface area contributed by atoms with Gasteiger partial charge in [-0.15, -0.1) is 0 Å². The Morgan fingerprint density at radius 2 is 2.55 bits per heavy atom. The van der Waals surface area contributed by atoms with Crippen molar-refractivity contribution in [2.45, 2.75) is 32.6 Å². The van der Waals surface area contributed by atoms with Gasteiger partial charge in [0.25, 0.3) is 0 Å². The summed E-state index contributed by atoms with van der Waals surface area (Å²) in [4.78, 5) is 10.5. The molecule has 1 aliphatic carbocycles. The van der Waals surface area contributed by atoms with Crippen LogP contribution in [-0.4, -0.2) is 11.1 Å². The fourth-order valence-electron chi connectivity index (χ4n) is 1.45. The van der Waals surface area contributed by atoms with Crippen molar-refractivity contribution in [2.24, 2.45) is 5.92 Å². The molecule has 0 aromatic heterocycles. The van der Waals surface area contributed by atoms with Crippen LogP contribution in [0.4, 0.5) is 0 Å². The monoisotopic (exact) mass is 154 g/mol. The zero-order chi connectivity index (χ0) is 8.27. The summed E-state index contributed by atoms with van der Waals surface area (Å²) in [6.07, 6.45) is 5.81. The van der Waals surface area contributed by atoms with E-state index < -0.39 is 5.97 Å². The average molecular weight is 154 g/mol. The molecule has 62 valence electrons. The van der Waals surface area contributed by atoms with Crippen molar-refractivity contribution in [1.29, 1.82) is 0 Å². The molecule has 0 radical (unpaired) electrons. The topological polar surface area (TPSA) is 37.3 Å². The largest absolute Gasteiger partial charge is 0.478 e. The van der Waals surface area contributed by atoms with Crippen molar-refractivity contribution >= 4 is 5.97 Å². The van der Waals surface area contributed by atoms with Gasteiger partial charge in [-0.25, -0.2) is 4.79 Å². The van der Waals surface area contributed by atoms with Gasteiger partial charge in [0.15, 0.2) is 0 Å². The highest BCUT2D eigenvalue weighted by Gasteiger charge is 2.16. The van der Waals surface area contributed by atoms with Crippen LogP contribution in [-0.2, 0) is 4.79 Å². The number of rotatable bonds is 2. The fraction of sp³-hybridized carbons (Fsp3) is 0.667. The lowest BCUT2D eigenvalue weighted by atomic mass is 9.88. The van der Waals surface area contributed by atoms with Gasteiger partial charge in [-0.1, -0.05) is 19.4 Å². The van der Waals surface area contributed by atoms with E-state index in [2.05, 4.69) is 6.92 Å². The lowest BCUT2D eigenvalue weighted by Gasteiger charge is -2.17. The van der Waals surface area contributed by atoms with Crippen molar-refractivity contribution in [1.82, 2.24) is 0 Å². The number of allylic oxidation sites excluding steroid dienone is 1. The number of carbonyl (C=O) groups is 1. The molecule has 1 N–H and O–H groups in total. The molecule has 1 rings (SSSR count). The number of aliphatic carboxylic acids is 1. The molecular weight excluding hydrogens is 140 g/mol. The second-order valence-electron chi connectivity index (χ2n) is 3.08. The van der Waals surface area contributed by atoms with Gasteiger partial charge in [-0.3, -0.25) is 0 Å². The van der Waals surface area contributed by atoms with Crippen LogP contribution >= 0.6 is 0 Å². The summed E-state index contributed by atoms with van der Waals surface area (Å²) >= 11 is 0. The van der Waals surface area contributed by atoms with Gasteiger partial charge in [0.1, 0.15) is 0 Å². The van der Waals surface area contributed by atoms with E-state index >= 15 is 0 Å². The van der Waals surface area contributed by atoms with Crippen LogP contribution in [0.1, 0.15) is 32.6 Å². The zero-order valence-corrected chi connectivity index (χ0v) is 6.84. The van der Waals surface area contributed by atoms with E-state index in [4.69, 9.17) is 5.11 Å². The van der Waals surface area contributed by atoms with Crippen LogP contribution in [0, 0.1) is 5.92 Å². The lowest BCUT2D eigenvalue weighted by Crippen LogP contribution is -2.09. The molecule has 1 atom stereocenters. The molecule has 0 spiro atoms. The Morgan fingerprint density at radius 1 is 1.82 bits per heavy atom. The highest BCUT2D eigenvalue weighted by molar-refractivity contribution is 5.86. The van der Waals surface area contributed by atoms with Gasteiger partial charge in [0.05, 0.1) is 0 Å². The predicted molar refractivity (Wildman–Crippen MR) is 43.4 cm³/mol. The third kappa shape index (κ3) is 2.07. The molecule has 11 heavy (non-hydrogen) atoms. The first-order valence-corrected chi connectivity index (χ1v) is 4.16. The van der Waals surface area contributed by atoms with E-state index in [0.29, 0.717) is 5.57 Å². The highest BCUT2D eigenvalue weighted by atomic mass is 16.4. The van der Waals surface area contributed by atoms with E-state index in [1.54, 1.807) is 0 Å². The van der Waals surface area contributed by atoms with E-state index in [-0.39, 0.29) is 0 Å². The zero-order valence-electron chi connectivity index (χ0n) is 6.84. The first-order chi connectivity index (χ1) is 5.24. The minimum atomic E-state index is -0.737. The molecule has 1 aliphatic rings. The predicted octanol–water partition coefficient (Wildman–Crippen LogP) is 2.21. The van der Waals surface area contributed by atoms with Gasteiger partial charge >= 0.3 is 5.97 Å². The van der Waals surface area contributed by atoms with Crippen LogP contribution in [0.5, 0.6) is 0 Å². The Labute approximate surface area is 66.9 Å². The van der Waals surface area contributed by atoms with Crippen molar-refractivity contribution < 1.29 is 9.90 Å². The molecule has 1 unspecified atom stereocenters. The molecule has 0 fully saturated rings. The Morgan fingerprint density at radius 3 is 2.91 bits per heavy atom. The van der Waals surface area contributed by atoms with E-state index in [9.17, 15) is 4.79 Å². The van der Waals surface area contributed by atoms with Crippen LogP contribution in [0.15, 0.2) is 11.6 Å². The maximum absolute atomic E-state index is 10.5. The van der Waals surface area contributed by atoms with Crippen LogP contribution in [0.25, 0.3) is 0 Å². The van der Waals surface area contributed by atoms with E-state index in [1.807, 2.05) is 6.08 Å². The number of carboxylic acid groups (broad SMARTS) is 1. The SMILES string of the molecule is CCC1CC=C(C(=O)O)CC1. The Hall–Kier alpha value is -0.790. The minimum absolute atomic E-state index is 0.606. The summed E-state index contributed by atoms with van der Waals surface area (Å²) in [5.74, 6) is -0.0161. The third-order valence-corrected chi connectivity index (χ3v) is 2.37. The first-order valence-electron chi connectivity index (χ1n) is 4.16.